The van der Waals surface area contributed by atoms with Crippen molar-refractivity contribution in [1.82, 2.24) is 10.2 Å². The highest BCUT2D eigenvalue weighted by Crippen LogP contribution is 2.38. The lowest BCUT2D eigenvalue weighted by molar-refractivity contribution is -0.133. The van der Waals surface area contributed by atoms with Crippen molar-refractivity contribution < 1.29 is 27.5 Å². The number of nitrogens with one attached hydrogen (secondary N) is 1. The van der Waals surface area contributed by atoms with Crippen LogP contribution in [-0.4, -0.2) is 70.3 Å². The van der Waals surface area contributed by atoms with Gasteiger partial charge in [-0.25, -0.2) is 8.42 Å². The maximum Gasteiger partial charge on any atom is 0.255 e. The molecular weight excluding hydrogens is 516 g/mol. The molecule has 2 aliphatic heterocycles. The first-order valence-electron chi connectivity index (χ1n) is 13.8. The molecule has 4 rings (SSSR count). The molecule has 1 N–H and O–H groups in total. The van der Waals surface area contributed by atoms with E-state index >= 15 is 0 Å². The smallest absolute Gasteiger partial charge is 0.255 e. The van der Waals surface area contributed by atoms with Crippen LogP contribution in [0.5, 0.6) is 5.75 Å². The first kappa shape index (κ1) is 29.1. The number of fused-ring (bicyclic) bond motifs is 1. The number of nitrogens with zero attached hydrogens (tertiary/aromatic N) is 1. The van der Waals surface area contributed by atoms with Crippen molar-refractivity contribution in [3.63, 3.8) is 0 Å². The molecule has 0 aromatic heterocycles. The zero-order valence-electron chi connectivity index (χ0n) is 23.0. The fourth-order valence-electron chi connectivity index (χ4n) is 5.38. The average molecular weight is 557 g/mol. The normalized spacial score (nSPS) is 18.9. The third-order valence-corrected chi connectivity index (χ3v) is 9.73. The number of likely N-dealkylation sites (tertiary alicyclic amines) is 1. The molecule has 0 unspecified atom stereocenters. The van der Waals surface area contributed by atoms with Crippen LogP contribution < -0.4 is 10.1 Å². The third-order valence-electron chi connectivity index (χ3n) is 7.88. The van der Waals surface area contributed by atoms with Crippen molar-refractivity contribution in [3.05, 3.63) is 59.2 Å². The number of hydrogen-bond acceptors (Lipinski definition) is 6. The van der Waals surface area contributed by atoms with Crippen LogP contribution in [0.1, 0.15) is 60.0 Å². The molecule has 2 heterocycles. The molecule has 8 nitrogen and oxygen atoms in total. The number of amides is 2. The molecule has 2 amide bonds. The van der Waals surface area contributed by atoms with Gasteiger partial charge in [0.25, 0.3) is 5.91 Å². The summed E-state index contributed by atoms with van der Waals surface area (Å²) in [5, 5.41) is 2.89. The predicted molar refractivity (Wildman–Crippen MR) is 150 cm³/mol. The average Bonchev–Trinajstić information content (AvgIpc) is 2.93. The van der Waals surface area contributed by atoms with Crippen LogP contribution in [0.2, 0.25) is 0 Å². The van der Waals surface area contributed by atoms with Crippen molar-refractivity contribution in [3.8, 4) is 5.75 Å². The summed E-state index contributed by atoms with van der Waals surface area (Å²) in [6, 6.07) is 12.6. The summed E-state index contributed by atoms with van der Waals surface area (Å²) in [4.78, 5) is 27.8. The number of carbonyl (C=O) groups is 2. The minimum atomic E-state index is -3.55. The van der Waals surface area contributed by atoms with Crippen LogP contribution in [0.3, 0.4) is 0 Å². The highest BCUT2D eigenvalue weighted by Gasteiger charge is 2.37. The van der Waals surface area contributed by atoms with Crippen molar-refractivity contribution in [1.29, 1.82) is 0 Å². The lowest BCUT2D eigenvalue weighted by Crippen LogP contribution is -2.46. The van der Waals surface area contributed by atoms with E-state index in [1.165, 1.54) is 0 Å². The first-order chi connectivity index (χ1) is 18.7. The SMILES string of the molecule is Cc1ccc(C)c(S(=O)(=O)CCC(=O)N2CCC3(CCCCOCCNC(=O)c4ccccc4OC3)CC2)c1. The standard InChI is InChI=1S/C30H40N2O6S/c1-23-9-10-24(2)27(21-23)39(35,36)20-11-28(33)32-16-13-30(14-17-32)12-5-6-18-37-19-15-31-29(34)25-7-3-4-8-26(25)38-22-30/h3-4,7-10,21H,5-6,11-20,22H2,1-2H3,(H,31,34). The second-order valence-corrected chi connectivity index (χ2v) is 12.9. The Kier molecular flexibility index (Phi) is 9.67. The van der Waals surface area contributed by atoms with E-state index in [-0.39, 0.29) is 29.4 Å². The van der Waals surface area contributed by atoms with E-state index in [1.807, 2.05) is 31.2 Å². The van der Waals surface area contributed by atoms with Gasteiger partial charge in [0.05, 0.1) is 29.4 Å². The molecule has 0 bridgehead atoms. The van der Waals surface area contributed by atoms with E-state index in [0.717, 1.165) is 37.7 Å². The summed E-state index contributed by atoms with van der Waals surface area (Å²) in [7, 11) is -3.55. The van der Waals surface area contributed by atoms with E-state index < -0.39 is 9.84 Å². The summed E-state index contributed by atoms with van der Waals surface area (Å²) < 4.78 is 37.9. The van der Waals surface area contributed by atoms with Gasteiger partial charge >= 0.3 is 0 Å². The Morgan fingerprint density at radius 3 is 2.59 bits per heavy atom. The van der Waals surface area contributed by atoms with E-state index in [4.69, 9.17) is 9.47 Å². The minimum absolute atomic E-state index is 0.0287. The van der Waals surface area contributed by atoms with Crippen LogP contribution in [0.4, 0.5) is 0 Å². The predicted octanol–water partition coefficient (Wildman–Crippen LogP) is 4.09. The summed E-state index contributed by atoms with van der Waals surface area (Å²) in [6.07, 6.45) is 4.34. The maximum atomic E-state index is 13.0. The molecule has 0 aliphatic carbocycles. The topological polar surface area (TPSA) is 102 Å². The maximum absolute atomic E-state index is 13.0. The number of piperidine rings is 1. The van der Waals surface area contributed by atoms with E-state index in [2.05, 4.69) is 5.32 Å². The van der Waals surface area contributed by atoms with Crippen molar-refractivity contribution >= 4 is 21.7 Å². The van der Waals surface area contributed by atoms with Crippen molar-refractivity contribution in [2.45, 2.75) is 57.3 Å². The lowest BCUT2D eigenvalue weighted by Gasteiger charge is -2.42. The Morgan fingerprint density at radius 1 is 1.03 bits per heavy atom. The fourth-order valence-corrected chi connectivity index (χ4v) is 6.97. The van der Waals surface area contributed by atoms with Gasteiger partial charge in [-0.15, -0.1) is 0 Å². The van der Waals surface area contributed by atoms with Crippen molar-refractivity contribution in [2.75, 3.05) is 45.2 Å². The van der Waals surface area contributed by atoms with Crippen LogP contribution in [0, 0.1) is 19.3 Å². The van der Waals surface area contributed by atoms with Crippen LogP contribution in [0.25, 0.3) is 0 Å². The van der Waals surface area contributed by atoms with Gasteiger partial charge in [-0.05, 0) is 68.9 Å². The summed E-state index contributed by atoms with van der Waals surface area (Å²) in [5.41, 5.74) is 1.95. The van der Waals surface area contributed by atoms with Crippen LogP contribution in [-0.2, 0) is 19.4 Å². The second kappa shape index (κ2) is 13.0. The number of benzene rings is 2. The number of rotatable bonds is 4. The highest BCUT2D eigenvalue weighted by atomic mass is 32.2. The minimum Gasteiger partial charge on any atom is -0.492 e. The molecule has 212 valence electrons. The van der Waals surface area contributed by atoms with Gasteiger partial charge in [0, 0.05) is 38.1 Å². The van der Waals surface area contributed by atoms with Gasteiger partial charge in [-0.2, -0.15) is 0 Å². The summed E-state index contributed by atoms with van der Waals surface area (Å²) in [6.45, 7) is 6.79. The number of sulfone groups is 1. The largest absolute Gasteiger partial charge is 0.492 e. The molecule has 2 aromatic rings. The van der Waals surface area contributed by atoms with Crippen molar-refractivity contribution in [2.24, 2.45) is 5.41 Å². The molecule has 39 heavy (non-hydrogen) atoms. The number of carbonyl (C=O) groups excluding carboxylic acids is 2. The van der Waals surface area contributed by atoms with Gasteiger partial charge in [-0.3, -0.25) is 9.59 Å². The van der Waals surface area contributed by atoms with Crippen LogP contribution in [0.15, 0.2) is 47.4 Å². The monoisotopic (exact) mass is 556 g/mol. The molecule has 2 aliphatic rings. The molecular formula is C30H40N2O6S. The molecule has 0 saturated carbocycles. The highest BCUT2D eigenvalue weighted by molar-refractivity contribution is 7.91. The molecule has 9 heteroatoms. The summed E-state index contributed by atoms with van der Waals surface area (Å²) in [5.74, 6) is 0.0507. The Hall–Kier alpha value is -2.91. The Balaban J connectivity index is 1.39. The molecule has 0 atom stereocenters. The van der Waals surface area contributed by atoms with E-state index in [0.29, 0.717) is 61.2 Å². The van der Waals surface area contributed by atoms with E-state index in [9.17, 15) is 18.0 Å². The number of para-hydroxylation sites is 1. The first-order valence-corrected chi connectivity index (χ1v) is 15.5. The second-order valence-electron chi connectivity index (χ2n) is 10.8. The molecule has 1 fully saturated rings. The lowest BCUT2D eigenvalue weighted by atomic mass is 9.75. The number of aryl methyl sites for hydroxylation is 2. The van der Waals surface area contributed by atoms with Gasteiger partial charge in [0.15, 0.2) is 9.84 Å². The molecule has 1 saturated heterocycles. The zero-order valence-corrected chi connectivity index (χ0v) is 23.9. The summed E-state index contributed by atoms with van der Waals surface area (Å²) >= 11 is 0. The van der Waals surface area contributed by atoms with Gasteiger partial charge in [0.1, 0.15) is 5.75 Å². The van der Waals surface area contributed by atoms with Gasteiger partial charge < -0.3 is 19.7 Å². The number of ether oxygens (including phenoxy) is 2. The molecule has 2 aromatic carbocycles. The Bertz CT molecular complexity index is 1270. The fraction of sp³-hybridized carbons (Fsp3) is 0.533. The van der Waals surface area contributed by atoms with Crippen LogP contribution >= 0.6 is 0 Å². The third kappa shape index (κ3) is 7.60. The Morgan fingerprint density at radius 2 is 1.79 bits per heavy atom. The Labute approximate surface area is 232 Å². The van der Waals surface area contributed by atoms with E-state index in [1.54, 1.807) is 30.0 Å². The zero-order chi connectivity index (χ0) is 27.9. The van der Waals surface area contributed by atoms with Gasteiger partial charge in [0.2, 0.25) is 5.91 Å². The molecule has 0 radical (unpaired) electrons. The quantitative estimate of drug-likeness (QED) is 0.609. The number of hydrogen-bond donors (Lipinski definition) is 1. The molecule has 1 spiro atoms. The van der Waals surface area contributed by atoms with Gasteiger partial charge in [-0.1, -0.05) is 30.7 Å².